The van der Waals surface area contributed by atoms with E-state index in [4.69, 9.17) is 4.52 Å². The Balaban J connectivity index is 1.83. The van der Waals surface area contributed by atoms with Crippen LogP contribution in [0.2, 0.25) is 0 Å². The topological polar surface area (TPSA) is 107 Å². The molecule has 0 saturated heterocycles. The van der Waals surface area contributed by atoms with E-state index in [1.165, 1.54) is 17.0 Å². The number of imidazole rings is 1. The molecule has 0 saturated carbocycles. The van der Waals surface area contributed by atoms with Crippen molar-refractivity contribution >= 4 is 5.95 Å². The lowest BCUT2D eigenvalue weighted by molar-refractivity contribution is -0.396. The summed E-state index contributed by atoms with van der Waals surface area (Å²) < 4.78 is 6.54. The number of hydrogen-bond donors (Lipinski definition) is 1. The molecule has 0 radical (unpaired) electrons. The van der Waals surface area contributed by atoms with Crippen LogP contribution in [0.3, 0.4) is 0 Å². The Hall–Kier alpha value is -3.16. The van der Waals surface area contributed by atoms with Gasteiger partial charge in [-0.05, 0) is 29.2 Å². The highest BCUT2D eigenvalue weighted by atomic mass is 16.6. The van der Waals surface area contributed by atoms with Crippen LogP contribution in [0.1, 0.15) is 5.76 Å². The monoisotopic (exact) mass is 286 g/mol. The first-order chi connectivity index (χ1) is 10.1. The van der Waals surface area contributed by atoms with Crippen molar-refractivity contribution in [3.8, 4) is 17.0 Å². The van der Waals surface area contributed by atoms with Crippen LogP contribution in [0.15, 0.2) is 47.2 Å². The number of hydrogen-bond acceptors (Lipinski definition) is 6. The molecule has 3 aromatic rings. The van der Waals surface area contributed by atoms with E-state index in [0.29, 0.717) is 11.5 Å². The maximum atomic E-state index is 10.8. The number of phenolic OH excluding ortho intramolecular Hbond substituents is 1. The van der Waals surface area contributed by atoms with Crippen molar-refractivity contribution in [1.29, 1.82) is 0 Å². The van der Waals surface area contributed by atoms with Crippen LogP contribution >= 0.6 is 0 Å². The van der Waals surface area contributed by atoms with Crippen molar-refractivity contribution in [3.63, 3.8) is 0 Å². The molecule has 0 unspecified atom stereocenters. The van der Waals surface area contributed by atoms with Crippen molar-refractivity contribution in [1.82, 2.24) is 14.7 Å². The molecule has 0 atom stereocenters. The van der Waals surface area contributed by atoms with Gasteiger partial charge in [-0.25, -0.2) is 4.57 Å². The first kappa shape index (κ1) is 12.9. The zero-order valence-corrected chi connectivity index (χ0v) is 10.7. The van der Waals surface area contributed by atoms with E-state index in [2.05, 4.69) is 10.1 Å². The van der Waals surface area contributed by atoms with E-state index in [1.54, 1.807) is 30.3 Å². The standard InChI is InChI=1S/C13H10N4O4/c18-10-3-1-9(2-4-10)12-7-11(21-15-12)8-16-6-5-14-13(16)17(19)20/h1-7,18H,8H2. The average molecular weight is 286 g/mol. The first-order valence-electron chi connectivity index (χ1n) is 6.04. The largest absolute Gasteiger partial charge is 0.508 e. The smallest absolute Gasteiger partial charge is 0.434 e. The quantitative estimate of drug-likeness (QED) is 0.582. The van der Waals surface area contributed by atoms with Gasteiger partial charge in [-0.3, -0.25) is 0 Å². The number of rotatable bonds is 4. The molecule has 8 nitrogen and oxygen atoms in total. The maximum Gasteiger partial charge on any atom is 0.434 e. The summed E-state index contributed by atoms with van der Waals surface area (Å²) in [6.45, 7) is 0.168. The molecule has 8 heteroatoms. The summed E-state index contributed by atoms with van der Waals surface area (Å²) in [6, 6.07) is 8.19. The Bertz CT molecular complexity index is 776. The fourth-order valence-electron chi connectivity index (χ4n) is 1.92. The van der Waals surface area contributed by atoms with Crippen molar-refractivity contribution in [2.75, 3.05) is 0 Å². The maximum absolute atomic E-state index is 10.8. The molecule has 2 heterocycles. The van der Waals surface area contributed by atoms with Gasteiger partial charge in [0.1, 0.15) is 30.4 Å². The molecule has 1 aromatic carbocycles. The van der Waals surface area contributed by atoms with Gasteiger partial charge in [-0.2, -0.15) is 0 Å². The molecule has 2 aromatic heterocycles. The van der Waals surface area contributed by atoms with Gasteiger partial charge >= 0.3 is 5.95 Å². The molecule has 0 amide bonds. The van der Waals surface area contributed by atoms with Crippen LogP contribution in [-0.2, 0) is 6.54 Å². The number of aromatic hydroxyl groups is 1. The third-order valence-corrected chi connectivity index (χ3v) is 2.91. The van der Waals surface area contributed by atoms with Crippen LogP contribution < -0.4 is 0 Å². The summed E-state index contributed by atoms with van der Waals surface area (Å²) in [5.74, 6) is 0.383. The Morgan fingerprint density at radius 2 is 2.10 bits per heavy atom. The molecule has 106 valence electrons. The fourth-order valence-corrected chi connectivity index (χ4v) is 1.92. The van der Waals surface area contributed by atoms with Gasteiger partial charge in [0.05, 0.1) is 0 Å². The summed E-state index contributed by atoms with van der Waals surface area (Å²) in [5.41, 5.74) is 1.37. The van der Waals surface area contributed by atoms with Gasteiger partial charge < -0.3 is 19.7 Å². The molecule has 1 N–H and O–H groups in total. The Morgan fingerprint density at radius 3 is 2.81 bits per heavy atom. The average Bonchev–Trinajstić information content (AvgIpc) is 3.09. The molecular formula is C13H10N4O4. The van der Waals surface area contributed by atoms with Gasteiger partial charge in [0.15, 0.2) is 5.76 Å². The van der Waals surface area contributed by atoms with Crippen molar-refractivity contribution < 1.29 is 14.6 Å². The van der Waals surface area contributed by atoms with Crippen LogP contribution in [0.4, 0.5) is 5.95 Å². The number of phenols is 1. The highest BCUT2D eigenvalue weighted by Crippen LogP contribution is 2.22. The Labute approximate surface area is 118 Å². The van der Waals surface area contributed by atoms with Crippen LogP contribution in [-0.4, -0.2) is 24.7 Å². The van der Waals surface area contributed by atoms with E-state index >= 15 is 0 Å². The van der Waals surface area contributed by atoms with Crippen molar-refractivity contribution in [3.05, 3.63) is 58.6 Å². The molecule has 0 bridgehead atoms. The molecular weight excluding hydrogens is 276 g/mol. The highest BCUT2D eigenvalue weighted by Gasteiger charge is 2.16. The normalized spacial score (nSPS) is 10.7. The second-order valence-corrected chi connectivity index (χ2v) is 4.34. The van der Waals surface area contributed by atoms with Gasteiger partial charge in [-0.15, -0.1) is 0 Å². The molecule has 0 aliphatic rings. The number of nitrogens with zero attached hydrogens (tertiary/aromatic N) is 4. The molecule has 3 rings (SSSR count). The van der Waals surface area contributed by atoms with Gasteiger partial charge in [0.25, 0.3) is 0 Å². The minimum absolute atomic E-state index is 0.163. The third kappa shape index (κ3) is 2.59. The fraction of sp³-hybridized carbons (Fsp3) is 0.0769. The summed E-state index contributed by atoms with van der Waals surface area (Å²) in [6.07, 6.45) is 2.86. The second kappa shape index (κ2) is 5.08. The minimum atomic E-state index is -0.558. The summed E-state index contributed by atoms with van der Waals surface area (Å²) in [5, 5.41) is 23.9. The summed E-state index contributed by atoms with van der Waals surface area (Å²) in [7, 11) is 0. The van der Waals surface area contributed by atoms with Crippen LogP contribution in [0.25, 0.3) is 11.3 Å². The molecule has 0 aliphatic heterocycles. The minimum Gasteiger partial charge on any atom is -0.508 e. The molecule has 21 heavy (non-hydrogen) atoms. The Kier molecular flexibility index (Phi) is 3.11. The Morgan fingerprint density at radius 1 is 1.33 bits per heavy atom. The van der Waals surface area contributed by atoms with Gasteiger partial charge in [-0.1, -0.05) is 10.1 Å². The lowest BCUT2D eigenvalue weighted by Crippen LogP contribution is -2.03. The molecule has 0 fully saturated rings. The van der Waals surface area contributed by atoms with Crippen molar-refractivity contribution in [2.24, 2.45) is 0 Å². The van der Waals surface area contributed by atoms with E-state index in [0.717, 1.165) is 5.56 Å². The van der Waals surface area contributed by atoms with Crippen molar-refractivity contribution in [2.45, 2.75) is 6.54 Å². The van der Waals surface area contributed by atoms with Gasteiger partial charge in [0, 0.05) is 11.6 Å². The van der Waals surface area contributed by atoms with Gasteiger partial charge in [0.2, 0.25) is 0 Å². The molecule has 0 aliphatic carbocycles. The highest BCUT2D eigenvalue weighted by molar-refractivity contribution is 5.59. The number of aromatic nitrogens is 3. The lowest BCUT2D eigenvalue weighted by atomic mass is 10.1. The summed E-state index contributed by atoms with van der Waals surface area (Å²) in [4.78, 5) is 13.9. The van der Waals surface area contributed by atoms with E-state index in [1.807, 2.05) is 0 Å². The SMILES string of the molecule is O=[N+]([O-])c1nccn1Cc1cc(-c2ccc(O)cc2)no1. The zero-order valence-electron chi connectivity index (χ0n) is 10.7. The van der Waals surface area contributed by atoms with E-state index in [-0.39, 0.29) is 18.2 Å². The first-order valence-corrected chi connectivity index (χ1v) is 6.04. The van der Waals surface area contributed by atoms with Crippen LogP contribution in [0, 0.1) is 10.1 Å². The lowest BCUT2D eigenvalue weighted by Gasteiger charge is -1.97. The van der Waals surface area contributed by atoms with E-state index in [9.17, 15) is 15.2 Å². The number of nitro groups is 1. The van der Waals surface area contributed by atoms with Crippen LogP contribution in [0.5, 0.6) is 5.75 Å². The zero-order chi connectivity index (χ0) is 14.8. The number of benzene rings is 1. The predicted octanol–water partition coefficient (Wildman–Crippen LogP) is 2.20. The summed E-state index contributed by atoms with van der Waals surface area (Å²) >= 11 is 0. The van der Waals surface area contributed by atoms with E-state index < -0.39 is 4.92 Å². The third-order valence-electron chi connectivity index (χ3n) is 2.91. The molecule has 0 spiro atoms. The second-order valence-electron chi connectivity index (χ2n) is 4.34. The predicted molar refractivity (Wildman–Crippen MR) is 71.6 cm³/mol.